The molecular weight excluding hydrogens is 544 g/mol. The average Bonchev–Trinajstić information content (AvgIpc) is 3.10. The number of aliphatic hydroxyl groups excluding tert-OH is 1. The number of ether oxygens (including phenoxy) is 3. The van der Waals surface area contributed by atoms with Crippen molar-refractivity contribution in [2.24, 2.45) is 46.3 Å². The van der Waals surface area contributed by atoms with Crippen LogP contribution >= 0.6 is 0 Å². The van der Waals surface area contributed by atoms with Crippen LogP contribution in [-0.2, 0) is 33.7 Å². The van der Waals surface area contributed by atoms with Crippen LogP contribution in [0.4, 0.5) is 0 Å². The number of aliphatic hydroxyl groups is 1. The Morgan fingerprint density at radius 3 is 2.55 bits per heavy atom. The first kappa shape index (κ1) is 31.9. The first-order valence-electron chi connectivity index (χ1n) is 15.9. The first-order valence-corrected chi connectivity index (χ1v) is 15.9. The van der Waals surface area contributed by atoms with Crippen LogP contribution in [0.2, 0.25) is 0 Å². The van der Waals surface area contributed by atoms with Crippen LogP contribution in [0.3, 0.4) is 0 Å². The number of aliphatic carboxylic acids is 1. The van der Waals surface area contributed by atoms with Gasteiger partial charge in [0.15, 0.2) is 12.4 Å². The summed E-state index contributed by atoms with van der Waals surface area (Å²) in [6.07, 6.45) is 2.14. The van der Waals surface area contributed by atoms with Crippen LogP contribution in [0.5, 0.6) is 0 Å². The van der Waals surface area contributed by atoms with Crippen LogP contribution in [0.15, 0.2) is 12.2 Å². The largest absolute Gasteiger partial charge is 0.481 e. The minimum atomic E-state index is -0.940. The Morgan fingerprint density at radius 2 is 1.90 bits per heavy atom. The molecule has 0 amide bonds. The van der Waals surface area contributed by atoms with Crippen LogP contribution in [0.25, 0.3) is 0 Å². The number of carboxylic acid groups (broad SMARTS) is 1. The van der Waals surface area contributed by atoms with E-state index >= 15 is 0 Å². The zero-order chi connectivity index (χ0) is 30.6. The maximum Gasteiger partial charge on any atom is 0.306 e. The highest BCUT2D eigenvalue weighted by molar-refractivity contribution is 5.71. The van der Waals surface area contributed by atoms with Crippen molar-refractivity contribution >= 4 is 11.9 Å². The molecule has 1 aliphatic heterocycles. The zero-order valence-corrected chi connectivity index (χ0v) is 25.7. The van der Waals surface area contributed by atoms with E-state index in [1.165, 1.54) is 0 Å². The summed E-state index contributed by atoms with van der Waals surface area (Å²) < 4.78 is 18.9. The van der Waals surface area contributed by atoms with E-state index in [2.05, 4.69) is 18.5 Å². The van der Waals surface area contributed by atoms with Gasteiger partial charge in [-0.1, -0.05) is 46.2 Å². The summed E-state index contributed by atoms with van der Waals surface area (Å²) in [5.41, 5.74) is 0.331. The number of hydrogen-bond acceptors (Lipinski definition) is 9. The molecule has 12 unspecified atom stereocenters. The second kappa shape index (κ2) is 12.1. The lowest BCUT2D eigenvalue weighted by Gasteiger charge is -2.62. The third-order valence-corrected chi connectivity index (χ3v) is 11.8. The van der Waals surface area contributed by atoms with E-state index in [1.54, 1.807) is 0 Å². The molecule has 10 heteroatoms. The van der Waals surface area contributed by atoms with Crippen molar-refractivity contribution in [1.82, 2.24) is 0 Å². The second-order valence-electron chi connectivity index (χ2n) is 14.5. The highest BCUT2D eigenvalue weighted by atomic mass is 17.5. The molecule has 0 aromatic heterocycles. The van der Waals surface area contributed by atoms with Crippen molar-refractivity contribution in [2.45, 2.75) is 129 Å². The van der Waals surface area contributed by atoms with E-state index < -0.39 is 60.6 Å². The summed E-state index contributed by atoms with van der Waals surface area (Å²) >= 11 is 0. The first-order chi connectivity index (χ1) is 19.9. The highest BCUT2D eigenvalue weighted by Gasteiger charge is 2.67. The lowest BCUT2D eigenvalue weighted by atomic mass is 9.43. The van der Waals surface area contributed by atoms with E-state index in [0.717, 1.165) is 37.7 Å². The van der Waals surface area contributed by atoms with Gasteiger partial charge < -0.3 is 24.4 Å². The Kier molecular flexibility index (Phi) is 9.17. The van der Waals surface area contributed by atoms with Gasteiger partial charge in [0.05, 0.1) is 24.2 Å². The molecule has 1 saturated heterocycles. The Labute approximate surface area is 248 Å². The third kappa shape index (κ3) is 5.34. The van der Waals surface area contributed by atoms with Crippen molar-refractivity contribution < 1.29 is 49.2 Å². The summed E-state index contributed by atoms with van der Waals surface area (Å²) in [6, 6.07) is 0. The predicted molar refractivity (Wildman–Crippen MR) is 151 cm³/mol. The summed E-state index contributed by atoms with van der Waals surface area (Å²) in [6.45, 7) is 14.1. The fraction of sp³-hybridized carbons (Fsp3) is 0.875. The van der Waals surface area contributed by atoms with E-state index in [4.69, 9.17) is 24.4 Å². The molecule has 0 aromatic rings. The van der Waals surface area contributed by atoms with Crippen LogP contribution in [-0.4, -0.2) is 64.2 Å². The van der Waals surface area contributed by atoms with Crippen LogP contribution in [0.1, 0.15) is 92.4 Å². The molecule has 42 heavy (non-hydrogen) atoms. The van der Waals surface area contributed by atoms with E-state index in [1.807, 2.05) is 27.7 Å². The molecule has 5 aliphatic rings. The SMILES string of the molecule is C=C1C2CCC3C4(C)CC(OC5OC(CC)C(OOO)[C@@H](C)C5OC(=O)CC(C)C)CC(C(=O)O)C4CCC3(C2)C1O. The summed E-state index contributed by atoms with van der Waals surface area (Å²) in [5.74, 6) is -1.66. The Hall–Kier alpha value is -1.56. The van der Waals surface area contributed by atoms with Crippen molar-refractivity contribution in [1.29, 1.82) is 0 Å². The Bertz CT molecular complexity index is 1030. The lowest BCUT2D eigenvalue weighted by molar-refractivity contribution is -0.524. The maximum absolute atomic E-state index is 12.8. The van der Waals surface area contributed by atoms with Crippen molar-refractivity contribution in [3.63, 3.8) is 0 Å². The monoisotopic (exact) mass is 594 g/mol. The van der Waals surface area contributed by atoms with Gasteiger partial charge in [0.1, 0.15) is 6.10 Å². The van der Waals surface area contributed by atoms with Crippen LogP contribution in [0, 0.1) is 46.3 Å². The Balaban J connectivity index is 1.43. The summed E-state index contributed by atoms with van der Waals surface area (Å²) in [5, 5.41) is 35.0. The number of carbonyl (C=O) groups excluding carboxylic acids is 1. The van der Waals surface area contributed by atoms with Gasteiger partial charge in [-0.15, -0.1) is 0 Å². The molecule has 4 saturated carbocycles. The van der Waals surface area contributed by atoms with Gasteiger partial charge in [0.2, 0.25) is 0 Å². The summed E-state index contributed by atoms with van der Waals surface area (Å²) in [4.78, 5) is 30.7. The molecule has 1 heterocycles. The van der Waals surface area contributed by atoms with E-state index in [-0.39, 0.29) is 35.0 Å². The molecule has 5 fully saturated rings. The molecule has 3 N–H and O–H groups in total. The number of carbonyl (C=O) groups is 2. The standard InChI is InChI=1S/C32H50O10/c1-7-23-26(41-42-37)18(5)27(40-25(33)12-16(2)3)30(39-23)38-20-13-21(29(35)36)22-10-11-32-14-19(17(4)28(32)34)8-9-24(32)31(22,6)15-20/h16,18-24,26-28,30,34,37H,4,7-15H2,1-3,5-6H3,(H,35,36)/t18-,19?,20?,21?,22?,23?,24?,26?,27?,28?,30?,31?,32?/m1/s1. The second-order valence-corrected chi connectivity index (χ2v) is 14.5. The molecular formula is C32H50O10. The van der Waals surface area contributed by atoms with Crippen molar-refractivity contribution in [2.75, 3.05) is 0 Å². The van der Waals surface area contributed by atoms with E-state index in [9.17, 15) is 19.8 Å². The molecule has 238 valence electrons. The van der Waals surface area contributed by atoms with Crippen molar-refractivity contribution in [3.8, 4) is 0 Å². The quantitative estimate of drug-likeness (QED) is 0.108. The van der Waals surface area contributed by atoms with Gasteiger partial charge in [-0.2, -0.15) is 4.89 Å². The maximum atomic E-state index is 12.8. The van der Waals surface area contributed by atoms with Gasteiger partial charge in [0.25, 0.3) is 0 Å². The van der Waals surface area contributed by atoms with Crippen LogP contribution < -0.4 is 0 Å². The lowest BCUT2D eigenvalue weighted by Crippen LogP contribution is -2.61. The third-order valence-electron chi connectivity index (χ3n) is 11.8. The predicted octanol–water partition coefficient (Wildman–Crippen LogP) is 5.13. The topological polar surface area (TPSA) is 141 Å². The molecule has 2 bridgehead atoms. The average molecular weight is 595 g/mol. The number of esters is 1. The highest BCUT2D eigenvalue weighted by Crippen LogP contribution is 2.70. The molecule has 13 atom stereocenters. The molecule has 1 spiro atoms. The zero-order valence-electron chi connectivity index (χ0n) is 25.7. The Morgan fingerprint density at radius 1 is 1.17 bits per heavy atom. The van der Waals surface area contributed by atoms with Gasteiger partial charge >= 0.3 is 11.9 Å². The van der Waals surface area contributed by atoms with Gasteiger partial charge in [-0.05, 0) is 86.0 Å². The minimum Gasteiger partial charge on any atom is -0.481 e. The minimum absolute atomic E-state index is 0.0168. The smallest absolute Gasteiger partial charge is 0.306 e. The fourth-order valence-corrected chi connectivity index (χ4v) is 9.96. The number of fused-ring (bicyclic) bond motifs is 3. The number of rotatable bonds is 9. The molecule has 4 aliphatic carbocycles. The number of hydrogen-bond donors (Lipinski definition) is 3. The molecule has 0 radical (unpaired) electrons. The van der Waals surface area contributed by atoms with Gasteiger partial charge in [-0.25, -0.2) is 5.26 Å². The molecule has 0 aromatic carbocycles. The van der Waals surface area contributed by atoms with Crippen molar-refractivity contribution in [3.05, 3.63) is 12.2 Å². The normalized spacial score (nSPS) is 46.7. The molecule has 10 nitrogen and oxygen atoms in total. The van der Waals surface area contributed by atoms with E-state index in [0.29, 0.717) is 25.2 Å². The molecule has 5 rings (SSSR count). The fourth-order valence-electron chi connectivity index (χ4n) is 9.96. The van der Waals surface area contributed by atoms with Gasteiger partial charge in [0, 0.05) is 17.8 Å². The number of carboxylic acids is 1. The summed E-state index contributed by atoms with van der Waals surface area (Å²) in [7, 11) is 0. The van der Waals surface area contributed by atoms with Gasteiger partial charge in [-0.3, -0.25) is 9.59 Å².